The van der Waals surface area contributed by atoms with Gasteiger partial charge in [0.15, 0.2) is 11.4 Å². The van der Waals surface area contributed by atoms with E-state index in [0.29, 0.717) is 49.8 Å². The van der Waals surface area contributed by atoms with Gasteiger partial charge in [-0.25, -0.2) is 14.6 Å². The predicted molar refractivity (Wildman–Crippen MR) is 149 cm³/mol. The number of hydrogen-bond donors (Lipinski definition) is 1. The van der Waals surface area contributed by atoms with Crippen molar-refractivity contribution in [3.05, 3.63) is 84.5 Å². The lowest BCUT2D eigenvalue weighted by atomic mass is 9.93. The van der Waals surface area contributed by atoms with Crippen LogP contribution in [-0.2, 0) is 14.3 Å². The number of thiazole rings is 1. The van der Waals surface area contributed by atoms with E-state index in [2.05, 4.69) is 0 Å². The van der Waals surface area contributed by atoms with E-state index in [1.54, 1.807) is 55.5 Å². The average molecular weight is 567 g/mol. The van der Waals surface area contributed by atoms with Crippen molar-refractivity contribution in [2.45, 2.75) is 32.7 Å². The number of fused-ring (bicyclic) bond motifs is 1. The maximum Gasteiger partial charge on any atom is 0.341 e. The van der Waals surface area contributed by atoms with Gasteiger partial charge in [0.2, 0.25) is 0 Å². The van der Waals surface area contributed by atoms with Crippen molar-refractivity contribution < 1.29 is 33.6 Å². The molecular weight excluding hydrogens is 536 g/mol. The van der Waals surface area contributed by atoms with Gasteiger partial charge >= 0.3 is 11.9 Å². The number of ether oxygens (including phenoxy) is 4. The molecule has 2 aromatic carbocycles. The number of benzene rings is 2. The van der Waals surface area contributed by atoms with Crippen molar-refractivity contribution in [1.29, 1.82) is 0 Å². The Morgan fingerprint density at radius 1 is 1.10 bits per heavy atom. The summed E-state index contributed by atoms with van der Waals surface area (Å²) in [7, 11) is 3.06. The second-order valence-corrected chi connectivity index (χ2v) is 9.79. The smallest absolute Gasteiger partial charge is 0.341 e. The Balaban J connectivity index is 1.97. The molecule has 210 valence electrons. The third-order valence-electron chi connectivity index (χ3n) is 6.14. The largest absolute Gasteiger partial charge is 0.497 e. The van der Waals surface area contributed by atoms with Crippen LogP contribution in [0.2, 0.25) is 0 Å². The fourth-order valence-electron chi connectivity index (χ4n) is 4.46. The second-order valence-electron chi connectivity index (χ2n) is 8.78. The molecule has 0 saturated carbocycles. The fraction of sp³-hybridized carbons (Fsp3) is 0.310. The summed E-state index contributed by atoms with van der Waals surface area (Å²) in [4.78, 5) is 43.5. The molecule has 1 N–H and O–H groups in total. The van der Waals surface area contributed by atoms with E-state index in [1.807, 2.05) is 6.92 Å². The van der Waals surface area contributed by atoms with Gasteiger partial charge in [-0.3, -0.25) is 9.36 Å². The molecule has 0 aliphatic carbocycles. The fourth-order valence-corrected chi connectivity index (χ4v) is 5.48. The molecule has 0 unspecified atom stereocenters. The number of aliphatic carboxylic acids is 1. The van der Waals surface area contributed by atoms with E-state index < -0.39 is 24.6 Å². The van der Waals surface area contributed by atoms with Gasteiger partial charge in [-0.2, -0.15) is 0 Å². The number of aromatic nitrogens is 1. The monoisotopic (exact) mass is 566 g/mol. The Bertz CT molecular complexity index is 1640. The number of carboxylic acids is 1. The normalized spacial score (nSPS) is 14.8. The molecular formula is C29H30N2O8S. The molecule has 0 saturated heterocycles. The van der Waals surface area contributed by atoms with Crippen molar-refractivity contribution in [3.8, 4) is 17.2 Å². The second kappa shape index (κ2) is 12.6. The number of carboxylic acid groups (broad SMARTS) is 1. The third kappa shape index (κ3) is 5.94. The highest BCUT2D eigenvalue weighted by atomic mass is 32.1. The summed E-state index contributed by atoms with van der Waals surface area (Å²) in [6.07, 6.45) is 2.91. The highest BCUT2D eigenvalue weighted by Gasteiger charge is 2.36. The van der Waals surface area contributed by atoms with Crippen LogP contribution in [-0.4, -0.2) is 49.0 Å². The summed E-state index contributed by atoms with van der Waals surface area (Å²) in [6, 6.07) is 11.1. The predicted octanol–water partition coefficient (Wildman–Crippen LogP) is 3.06. The molecule has 4 rings (SSSR count). The molecule has 11 heteroatoms. The van der Waals surface area contributed by atoms with Gasteiger partial charge in [-0.05, 0) is 55.3 Å². The van der Waals surface area contributed by atoms with Crippen molar-refractivity contribution in [1.82, 2.24) is 4.57 Å². The van der Waals surface area contributed by atoms with Crippen LogP contribution in [0.15, 0.2) is 63.5 Å². The van der Waals surface area contributed by atoms with E-state index >= 15 is 0 Å². The summed E-state index contributed by atoms with van der Waals surface area (Å²) in [5.41, 5.74) is 1.67. The molecule has 1 aromatic heterocycles. The first-order valence-electron chi connectivity index (χ1n) is 12.7. The Morgan fingerprint density at radius 3 is 2.58 bits per heavy atom. The van der Waals surface area contributed by atoms with Gasteiger partial charge in [0, 0.05) is 5.56 Å². The van der Waals surface area contributed by atoms with Crippen LogP contribution in [0.3, 0.4) is 0 Å². The zero-order valence-electron chi connectivity index (χ0n) is 22.6. The Labute approximate surface area is 234 Å². The lowest BCUT2D eigenvalue weighted by molar-refractivity contribution is -0.140. The maximum absolute atomic E-state index is 14.0. The summed E-state index contributed by atoms with van der Waals surface area (Å²) in [5, 5.41) is 8.91. The minimum Gasteiger partial charge on any atom is -0.497 e. The summed E-state index contributed by atoms with van der Waals surface area (Å²) in [5.74, 6) is -0.275. The lowest BCUT2D eigenvalue weighted by Crippen LogP contribution is -2.40. The van der Waals surface area contributed by atoms with Crippen molar-refractivity contribution in [2.75, 3.05) is 27.4 Å². The third-order valence-corrected chi connectivity index (χ3v) is 7.12. The Kier molecular flexibility index (Phi) is 9.05. The first-order chi connectivity index (χ1) is 19.3. The van der Waals surface area contributed by atoms with Gasteiger partial charge in [0.1, 0.15) is 23.3 Å². The molecule has 1 atom stereocenters. The number of hydrogen-bond acceptors (Lipinski definition) is 9. The Hall–Kier alpha value is -4.38. The van der Waals surface area contributed by atoms with E-state index in [1.165, 1.54) is 30.1 Å². The van der Waals surface area contributed by atoms with E-state index in [-0.39, 0.29) is 17.7 Å². The minimum absolute atomic E-state index is 0.161. The van der Waals surface area contributed by atoms with Gasteiger partial charge in [0.25, 0.3) is 5.56 Å². The molecule has 40 heavy (non-hydrogen) atoms. The molecule has 0 spiro atoms. The van der Waals surface area contributed by atoms with Crippen molar-refractivity contribution in [3.63, 3.8) is 0 Å². The molecule has 10 nitrogen and oxygen atoms in total. The molecule has 0 amide bonds. The Morgan fingerprint density at radius 2 is 1.90 bits per heavy atom. The molecule has 0 radical (unpaired) electrons. The summed E-state index contributed by atoms with van der Waals surface area (Å²) in [6.45, 7) is 3.39. The van der Waals surface area contributed by atoms with Gasteiger partial charge < -0.3 is 24.1 Å². The first kappa shape index (κ1) is 28.6. The molecule has 2 heterocycles. The lowest BCUT2D eigenvalue weighted by Gasteiger charge is -2.27. The number of esters is 1. The van der Waals surface area contributed by atoms with Crippen LogP contribution in [0, 0.1) is 0 Å². The molecule has 1 aliphatic rings. The number of methoxy groups -OCH3 is 2. The van der Waals surface area contributed by atoms with Crippen LogP contribution in [0.25, 0.3) is 6.08 Å². The standard InChI is InChI=1S/C29H30N2O8S/c1-5-8-21-25(28(35)38-6-2)26(20-15-18(36-3)11-12-22(20)37-4)31-27(34)23(40-29(31)30-21)14-17-9-7-10-19(13-17)39-16-24(32)33/h7,9-15,26H,5-6,8,16H2,1-4H3,(H,32,33)/b23-14-/t26-/m0/s1. The molecule has 1 aliphatic heterocycles. The number of carbonyl (C=O) groups excluding carboxylic acids is 1. The van der Waals surface area contributed by atoms with E-state index in [0.717, 1.165) is 6.42 Å². The SMILES string of the molecule is CCCC1=C(C(=O)OCC)[C@H](c2cc(OC)ccc2OC)n2c(s/c(=C\c3cccc(OCC(=O)O)c3)c2=O)=N1. The van der Waals surface area contributed by atoms with Crippen molar-refractivity contribution in [2.24, 2.45) is 4.99 Å². The highest BCUT2D eigenvalue weighted by Crippen LogP contribution is 2.38. The first-order valence-corrected chi connectivity index (χ1v) is 13.5. The van der Waals surface area contributed by atoms with Gasteiger partial charge in [0.05, 0.1) is 36.6 Å². The van der Waals surface area contributed by atoms with Gasteiger partial charge in [-0.15, -0.1) is 0 Å². The van der Waals surface area contributed by atoms with Crippen molar-refractivity contribution >= 4 is 29.4 Å². The quantitative estimate of drug-likeness (QED) is 0.351. The number of allylic oxidation sites excluding steroid dienone is 1. The van der Waals surface area contributed by atoms with Crippen LogP contribution >= 0.6 is 11.3 Å². The number of rotatable bonds is 11. The topological polar surface area (TPSA) is 126 Å². The summed E-state index contributed by atoms with van der Waals surface area (Å²) >= 11 is 1.19. The molecule has 0 bridgehead atoms. The average Bonchev–Trinajstić information content (AvgIpc) is 3.25. The number of nitrogens with zero attached hydrogens (tertiary/aromatic N) is 2. The van der Waals surface area contributed by atoms with Crippen LogP contribution in [0.1, 0.15) is 43.9 Å². The zero-order valence-corrected chi connectivity index (χ0v) is 23.4. The number of carbonyl (C=O) groups is 2. The molecule has 3 aromatic rings. The molecule has 0 fully saturated rings. The van der Waals surface area contributed by atoms with Crippen LogP contribution in [0.4, 0.5) is 0 Å². The highest BCUT2D eigenvalue weighted by molar-refractivity contribution is 7.07. The van der Waals surface area contributed by atoms with E-state index in [9.17, 15) is 14.4 Å². The van der Waals surface area contributed by atoms with Crippen LogP contribution in [0.5, 0.6) is 17.2 Å². The van der Waals surface area contributed by atoms with Crippen LogP contribution < -0.4 is 29.1 Å². The van der Waals surface area contributed by atoms with Gasteiger partial charge in [-0.1, -0.05) is 36.8 Å². The maximum atomic E-state index is 14.0. The summed E-state index contributed by atoms with van der Waals surface area (Å²) < 4.78 is 23.7. The van der Waals surface area contributed by atoms with E-state index in [4.69, 9.17) is 29.0 Å². The zero-order chi connectivity index (χ0) is 28.8. The minimum atomic E-state index is -1.09.